The van der Waals surface area contributed by atoms with Gasteiger partial charge in [-0.2, -0.15) is 0 Å². The van der Waals surface area contributed by atoms with Gasteiger partial charge >= 0.3 is 0 Å². The molecule has 1 unspecified atom stereocenters. The highest BCUT2D eigenvalue weighted by atomic mass is 16.5. The summed E-state index contributed by atoms with van der Waals surface area (Å²) in [4.78, 5) is 0. The quantitative estimate of drug-likeness (QED) is 0.674. The van der Waals surface area contributed by atoms with Crippen LogP contribution in [-0.4, -0.2) is 17.3 Å². The zero-order chi connectivity index (χ0) is 9.53. The Hall–Kier alpha value is -0.500. The lowest BCUT2D eigenvalue weighted by molar-refractivity contribution is 0.0173. The summed E-state index contributed by atoms with van der Waals surface area (Å²) in [6.07, 6.45) is 5.78. The standard InChI is InChI=1S/C11H18O2/c1-10(2)5-6-11(12,8-10)9-4-3-7-13-9/h4,12H,3,5-8H2,1-2H3. The summed E-state index contributed by atoms with van der Waals surface area (Å²) in [6, 6.07) is 0. The fraction of sp³-hybridized carbons (Fsp3) is 0.818. The fourth-order valence-electron chi connectivity index (χ4n) is 2.47. The molecular weight excluding hydrogens is 164 g/mol. The summed E-state index contributed by atoms with van der Waals surface area (Å²) in [7, 11) is 0. The minimum Gasteiger partial charge on any atom is -0.495 e. The number of hydrogen-bond donors (Lipinski definition) is 1. The van der Waals surface area contributed by atoms with Gasteiger partial charge in [0.1, 0.15) is 11.4 Å². The maximum absolute atomic E-state index is 10.3. The molecule has 1 aliphatic heterocycles. The minimum absolute atomic E-state index is 0.265. The first-order valence-corrected chi connectivity index (χ1v) is 5.08. The zero-order valence-corrected chi connectivity index (χ0v) is 8.47. The predicted molar refractivity (Wildman–Crippen MR) is 51.2 cm³/mol. The van der Waals surface area contributed by atoms with E-state index in [1.54, 1.807) is 0 Å². The van der Waals surface area contributed by atoms with Gasteiger partial charge in [-0.25, -0.2) is 0 Å². The molecule has 2 aliphatic rings. The lowest BCUT2D eigenvalue weighted by Crippen LogP contribution is -2.29. The van der Waals surface area contributed by atoms with E-state index in [1.807, 2.05) is 6.08 Å². The van der Waals surface area contributed by atoms with E-state index in [-0.39, 0.29) is 5.41 Å². The van der Waals surface area contributed by atoms with Crippen LogP contribution in [0.5, 0.6) is 0 Å². The van der Waals surface area contributed by atoms with Crippen molar-refractivity contribution in [3.8, 4) is 0 Å². The summed E-state index contributed by atoms with van der Waals surface area (Å²) in [5.74, 6) is 0.832. The second kappa shape index (κ2) is 2.74. The van der Waals surface area contributed by atoms with E-state index in [2.05, 4.69) is 13.8 Å². The third-order valence-electron chi connectivity index (χ3n) is 3.15. The normalized spacial score (nSPS) is 37.3. The van der Waals surface area contributed by atoms with Gasteiger partial charge in [-0.1, -0.05) is 13.8 Å². The van der Waals surface area contributed by atoms with Gasteiger partial charge in [0, 0.05) is 6.42 Å². The molecule has 13 heavy (non-hydrogen) atoms. The SMILES string of the molecule is CC1(C)CCC(O)(C2=CCCO2)C1. The molecule has 0 spiro atoms. The van der Waals surface area contributed by atoms with Crippen LogP contribution in [0.3, 0.4) is 0 Å². The predicted octanol–water partition coefficient (Wildman–Crippen LogP) is 2.23. The molecule has 0 saturated heterocycles. The van der Waals surface area contributed by atoms with Gasteiger partial charge in [-0.15, -0.1) is 0 Å². The molecule has 0 radical (unpaired) electrons. The van der Waals surface area contributed by atoms with Gasteiger partial charge in [-0.3, -0.25) is 0 Å². The molecule has 0 aromatic heterocycles. The van der Waals surface area contributed by atoms with E-state index in [0.29, 0.717) is 0 Å². The molecule has 1 N–H and O–H groups in total. The van der Waals surface area contributed by atoms with Crippen molar-refractivity contribution in [3.63, 3.8) is 0 Å². The van der Waals surface area contributed by atoms with Crippen LogP contribution in [0.1, 0.15) is 39.5 Å². The maximum atomic E-state index is 10.3. The third kappa shape index (κ3) is 1.60. The topological polar surface area (TPSA) is 29.5 Å². The second-order valence-corrected chi connectivity index (χ2v) is 5.08. The van der Waals surface area contributed by atoms with Crippen molar-refractivity contribution in [2.45, 2.75) is 45.1 Å². The van der Waals surface area contributed by atoms with Gasteiger partial charge in [0.15, 0.2) is 0 Å². The minimum atomic E-state index is -0.653. The van der Waals surface area contributed by atoms with Gasteiger partial charge in [-0.05, 0) is 30.8 Å². The molecule has 2 rings (SSSR count). The van der Waals surface area contributed by atoms with Crippen LogP contribution in [0.25, 0.3) is 0 Å². The number of rotatable bonds is 1. The molecule has 1 atom stereocenters. The highest BCUT2D eigenvalue weighted by Gasteiger charge is 2.45. The van der Waals surface area contributed by atoms with Gasteiger partial charge in [0.2, 0.25) is 0 Å². The fourth-order valence-corrected chi connectivity index (χ4v) is 2.47. The van der Waals surface area contributed by atoms with Crippen LogP contribution < -0.4 is 0 Å². The first-order valence-electron chi connectivity index (χ1n) is 5.08. The Morgan fingerprint density at radius 2 is 2.15 bits per heavy atom. The molecule has 1 heterocycles. The van der Waals surface area contributed by atoms with Crippen molar-refractivity contribution < 1.29 is 9.84 Å². The molecule has 0 aromatic carbocycles. The van der Waals surface area contributed by atoms with E-state index < -0.39 is 5.60 Å². The summed E-state index contributed by atoms with van der Waals surface area (Å²) in [5.41, 5.74) is -0.387. The first-order chi connectivity index (χ1) is 6.02. The largest absolute Gasteiger partial charge is 0.495 e. The number of hydrogen-bond acceptors (Lipinski definition) is 2. The average Bonchev–Trinajstić information content (AvgIpc) is 2.58. The Balaban J connectivity index is 2.14. The number of ether oxygens (including phenoxy) is 1. The smallest absolute Gasteiger partial charge is 0.124 e. The molecule has 0 bridgehead atoms. The van der Waals surface area contributed by atoms with Gasteiger partial charge in [0.05, 0.1) is 6.61 Å². The highest BCUT2D eigenvalue weighted by molar-refractivity contribution is 5.17. The van der Waals surface area contributed by atoms with Crippen LogP contribution in [0, 0.1) is 5.41 Å². The van der Waals surface area contributed by atoms with Crippen LogP contribution >= 0.6 is 0 Å². The maximum Gasteiger partial charge on any atom is 0.124 e. The Kier molecular flexibility index (Phi) is 1.91. The average molecular weight is 182 g/mol. The summed E-state index contributed by atoms with van der Waals surface area (Å²) >= 11 is 0. The van der Waals surface area contributed by atoms with Gasteiger partial charge in [0.25, 0.3) is 0 Å². The molecule has 1 fully saturated rings. The van der Waals surface area contributed by atoms with Crippen LogP contribution in [0.15, 0.2) is 11.8 Å². The van der Waals surface area contributed by atoms with E-state index >= 15 is 0 Å². The van der Waals surface area contributed by atoms with Crippen molar-refractivity contribution in [2.24, 2.45) is 5.41 Å². The second-order valence-electron chi connectivity index (χ2n) is 5.08. The van der Waals surface area contributed by atoms with Crippen LogP contribution in [0.2, 0.25) is 0 Å². The van der Waals surface area contributed by atoms with E-state index in [1.165, 1.54) is 0 Å². The lowest BCUT2D eigenvalue weighted by Gasteiger charge is -2.25. The van der Waals surface area contributed by atoms with Crippen molar-refractivity contribution >= 4 is 0 Å². The lowest BCUT2D eigenvalue weighted by atomic mass is 9.88. The monoisotopic (exact) mass is 182 g/mol. The molecule has 2 nitrogen and oxygen atoms in total. The Labute approximate surface area is 79.6 Å². The molecule has 2 heteroatoms. The molecule has 1 aliphatic carbocycles. The van der Waals surface area contributed by atoms with Crippen molar-refractivity contribution in [1.29, 1.82) is 0 Å². The Morgan fingerprint density at radius 1 is 1.38 bits per heavy atom. The molecular formula is C11H18O2. The third-order valence-corrected chi connectivity index (χ3v) is 3.15. The van der Waals surface area contributed by atoms with E-state index in [9.17, 15) is 5.11 Å². The summed E-state index contributed by atoms with van der Waals surface area (Å²) < 4.78 is 5.44. The van der Waals surface area contributed by atoms with Crippen molar-refractivity contribution in [1.82, 2.24) is 0 Å². The molecule has 0 amide bonds. The molecule has 0 aromatic rings. The van der Waals surface area contributed by atoms with Crippen LogP contribution in [0.4, 0.5) is 0 Å². The highest BCUT2D eigenvalue weighted by Crippen LogP contribution is 2.47. The first kappa shape index (κ1) is 9.07. The van der Waals surface area contributed by atoms with Crippen LogP contribution in [-0.2, 0) is 4.74 Å². The summed E-state index contributed by atoms with van der Waals surface area (Å²) in [5, 5.41) is 10.3. The van der Waals surface area contributed by atoms with Crippen molar-refractivity contribution in [2.75, 3.05) is 6.61 Å². The Morgan fingerprint density at radius 3 is 2.62 bits per heavy atom. The van der Waals surface area contributed by atoms with E-state index in [4.69, 9.17) is 4.74 Å². The van der Waals surface area contributed by atoms with Crippen molar-refractivity contribution in [3.05, 3.63) is 11.8 Å². The van der Waals surface area contributed by atoms with Gasteiger partial charge < -0.3 is 9.84 Å². The summed E-state index contributed by atoms with van der Waals surface area (Å²) in [6.45, 7) is 5.17. The Bertz CT molecular complexity index is 242. The molecule has 1 saturated carbocycles. The number of aliphatic hydroxyl groups is 1. The van der Waals surface area contributed by atoms with E-state index in [0.717, 1.165) is 38.0 Å². The molecule has 74 valence electrons. The zero-order valence-electron chi connectivity index (χ0n) is 8.47.